The third kappa shape index (κ3) is 2.99. The lowest BCUT2D eigenvalue weighted by atomic mass is 10.1. The summed E-state index contributed by atoms with van der Waals surface area (Å²) in [4.78, 5) is 13.5. The number of nitrogens with zero attached hydrogens (tertiary/aromatic N) is 1. The summed E-state index contributed by atoms with van der Waals surface area (Å²) in [6, 6.07) is 5.87. The van der Waals surface area contributed by atoms with E-state index in [2.05, 4.69) is 12.2 Å². The molecule has 3 nitrogen and oxygen atoms in total. The lowest BCUT2D eigenvalue weighted by Gasteiger charge is -2.15. The average Bonchev–Trinajstić information content (AvgIpc) is 2.25. The van der Waals surface area contributed by atoms with Crippen molar-refractivity contribution in [3.63, 3.8) is 0 Å². The number of benzene rings is 1. The Labute approximate surface area is 97.5 Å². The molecule has 0 saturated carbocycles. The fraction of sp³-hybridized carbons (Fsp3) is 0.462. The van der Waals surface area contributed by atoms with Crippen LogP contribution in [0.1, 0.15) is 29.3 Å². The standard InChI is InChI=1S/C13H20N2O/c1-5-8-14-12-9-10(2)6-7-11(12)13(16)15(3)4/h6-7,9,14H,5,8H2,1-4H3. The van der Waals surface area contributed by atoms with Gasteiger partial charge in [-0.15, -0.1) is 0 Å². The number of hydrogen-bond acceptors (Lipinski definition) is 2. The van der Waals surface area contributed by atoms with Crippen molar-refractivity contribution in [2.24, 2.45) is 0 Å². The lowest BCUT2D eigenvalue weighted by molar-refractivity contribution is 0.0828. The molecule has 0 aliphatic carbocycles. The summed E-state index contributed by atoms with van der Waals surface area (Å²) in [6.07, 6.45) is 1.05. The maximum absolute atomic E-state index is 11.9. The van der Waals surface area contributed by atoms with Gasteiger partial charge >= 0.3 is 0 Å². The van der Waals surface area contributed by atoms with Gasteiger partial charge in [-0.1, -0.05) is 13.0 Å². The molecule has 0 unspecified atom stereocenters. The average molecular weight is 220 g/mol. The molecular weight excluding hydrogens is 200 g/mol. The van der Waals surface area contributed by atoms with E-state index in [9.17, 15) is 4.79 Å². The highest BCUT2D eigenvalue weighted by Gasteiger charge is 2.12. The number of nitrogens with one attached hydrogen (secondary N) is 1. The van der Waals surface area contributed by atoms with Crippen LogP contribution in [-0.4, -0.2) is 31.4 Å². The maximum atomic E-state index is 11.9. The molecule has 0 aromatic heterocycles. The quantitative estimate of drug-likeness (QED) is 0.845. The van der Waals surface area contributed by atoms with Crippen molar-refractivity contribution in [1.82, 2.24) is 4.90 Å². The zero-order chi connectivity index (χ0) is 12.1. The second-order valence-corrected chi connectivity index (χ2v) is 4.18. The molecule has 0 aliphatic heterocycles. The summed E-state index contributed by atoms with van der Waals surface area (Å²) in [5.41, 5.74) is 2.83. The molecule has 0 atom stereocenters. The second kappa shape index (κ2) is 5.54. The van der Waals surface area contributed by atoms with Gasteiger partial charge in [-0.25, -0.2) is 0 Å². The first-order chi connectivity index (χ1) is 7.56. The molecule has 0 heterocycles. The maximum Gasteiger partial charge on any atom is 0.255 e. The molecule has 1 N–H and O–H groups in total. The van der Waals surface area contributed by atoms with E-state index in [4.69, 9.17) is 0 Å². The zero-order valence-electron chi connectivity index (χ0n) is 10.5. The number of hydrogen-bond donors (Lipinski definition) is 1. The second-order valence-electron chi connectivity index (χ2n) is 4.18. The Morgan fingerprint density at radius 2 is 2.06 bits per heavy atom. The normalized spacial score (nSPS) is 10.0. The van der Waals surface area contributed by atoms with Gasteiger partial charge in [0.25, 0.3) is 5.91 Å². The third-order valence-corrected chi connectivity index (χ3v) is 2.38. The van der Waals surface area contributed by atoms with Crippen LogP contribution in [0.3, 0.4) is 0 Å². The summed E-state index contributed by atoms with van der Waals surface area (Å²) in [7, 11) is 3.54. The van der Waals surface area contributed by atoms with E-state index in [-0.39, 0.29) is 5.91 Å². The molecule has 0 bridgehead atoms. The summed E-state index contributed by atoms with van der Waals surface area (Å²) in [5.74, 6) is 0.0404. The predicted octanol–water partition coefficient (Wildman–Crippen LogP) is 2.52. The summed E-state index contributed by atoms with van der Waals surface area (Å²) >= 11 is 0. The van der Waals surface area contributed by atoms with Crippen molar-refractivity contribution in [3.05, 3.63) is 29.3 Å². The first kappa shape index (κ1) is 12.6. The smallest absolute Gasteiger partial charge is 0.255 e. The van der Waals surface area contributed by atoms with Gasteiger partial charge in [0.05, 0.1) is 5.56 Å². The number of anilines is 1. The minimum absolute atomic E-state index is 0.0404. The van der Waals surface area contributed by atoms with Gasteiger partial charge in [-0.3, -0.25) is 4.79 Å². The molecule has 0 saturated heterocycles. The number of carbonyl (C=O) groups excluding carboxylic acids is 1. The van der Waals surface area contributed by atoms with Crippen LogP contribution in [0, 0.1) is 6.92 Å². The Kier molecular flexibility index (Phi) is 4.35. The van der Waals surface area contributed by atoms with Crippen LogP contribution < -0.4 is 5.32 Å². The van der Waals surface area contributed by atoms with E-state index in [0.29, 0.717) is 0 Å². The van der Waals surface area contributed by atoms with Gasteiger partial charge in [0.15, 0.2) is 0 Å². The van der Waals surface area contributed by atoms with Crippen LogP contribution in [0.4, 0.5) is 5.69 Å². The minimum Gasteiger partial charge on any atom is -0.384 e. The first-order valence-corrected chi connectivity index (χ1v) is 5.62. The highest BCUT2D eigenvalue weighted by Crippen LogP contribution is 2.18. The van der Waals surface area contributed by atoms with Crippen molar-refractivity contribution in [3.8, 4) is 0 Å². The van der Waals surface area contributed by atoms with Gasteiger partial charge < -0.3 is 10.2 Å². The Balaban J connectivity index is 3.02. The Morgan fingerprint density at radius 1 is 1.38 bits per heavy atom. The molecule has 1 rings (SSSR count). The SMILES string of the molecule is CCCNc1cc(C)ccc1C(=O)N(C)C. The Hall–Kier alpha value is -1.51. The molecule has 0 spiro atoms. The first-order valence-electron chi connectivity index (χ1n) is 5.62. The highest BCUT2D eigenvalue weighted by molar-refractivity contribution is 5.99. The van der Waals surface area contributed by atoms with E-state index in [1.807, 2.05) is 25.1 Å². The van der Waals surface area contributed by atoms with Crippen molar-refractivity contribution in [2.75, 3.05) is 26.0 Å². The Bertz CT molecular complexity index is 372. The largest absolute Gasteiger partial charge is 0.384 e. The van der Waals surface area contributed by atoms with E-state index in [0.717, 1.165) is 29.8 Å². The molecule has 0 radical (unpaired) electrons. The van der Waals surface area contributed by atoms with E-state index in [1.54, 1.807) is 19.0 Å². The molecule has 1 amide bonds. The zero-order valence-corrected chi connectivity index (χ0v) is 10.5. The highest BCUT2D eigenvalue weighted by atomic mass is 16.2. The van der Waals surface area contributed by atoms with Crippen LogP contribution in [0.25, 0.3) is 0 Å². The predicted molar refractivity (Wildman–Crippen MR) is 68.0 cm³/mol. The molecule has 88 valence electrons. The van der Waals surface area contributed by atoms with Crippen molar-refractivity contribution in [1.29, 1.82) is 0 Å². The number of amides is 1. The van der Waals surface area contributed by atoms with Crippen LogP contribution in [0.5, 0.6) is 0 Å². The van der Waals surface area contributed by atoms with Gasteiger partial charge in [0.1, 0.15) is 0 Å². The molecule has 16 heavy (non-hydrogen) atoms. The molecule has 3 heteroatoms. The molecular formula is C13H20N2O. The molecule has 0 aliphatic rings. The van der Waals surface area contributed by atoms with Crippen molar-refractivity contribution < 1.29 is 4.79 Å². The van der Waals surface area contributed by atoms with E-state index < -0.39 is 0 Å². The van der Waals surface area contributed by atoms with Crippen LogP contribution in [0.15, 0.2) is 18.2 Å². The summed E-state index contributed by atoms with van der Waals surface area (Å²) < 4.78 is 0. The van der Waals surface area contributed by atoms with E-state index in [1.165, 1.54) is 0 Å². The molecule has 1 aromatic rings. The van der Waals surface area contributed by atoms with Crippen LogP contribution in [0.2, 0.25) is 0 Å². The van der Waals surface area contributed by atoms with Crippen LogP contribution in [-0.2, 0) is 0 Å². The minimum atomic E-state index is 0.0404. The van der Waals surface area contributed by atoms with Crippen LogP contribution >= 0.6 is 0 Å². The van der Waals surface area contributed by atoms with Gasteiger partial charge in [0, 0.05) is 26.3 Å². The summed E-state index contributed by atoms with van der Waals surface area (Å²) in [6.45, 7) is 5.02. The monoisotopic (exact) mass is 220 g/mol. The van der Waals surface area contributed by atoms with Gasteiger partial charge in [0.2, 0.25) is 0 Å². The summed E-state index contributed by atoms with van der Waals surface area (Å²) in [5, 5.41) is 3.29. The molecule has 1 aromatic carbocycles. The van der Waals surface area contributed by atoms with Gasteiger partial charge in [-0.05, 0) is 31.0 Å². The fourth-order valence-corrected chi connectivity index (χ4v) is 1.49. The lowest BCUT2D eigenvalue weighted by Crippen LogP contribution is -2.23. The Morgan fingerprint density at radius 3 is 2.62 bits per heavy atom. The molecule has 0 fully saturated rings. The topological polar surface area (TPSA) is 32.3 Å². The fourth-order valence-electron chi connectivity index (χ4n) is 1.49. The van der Waals surface area contributed by atoms with E-state index >= 15 is 0 Å². The van der Waals surface area contributed by atoms with Crippen molar-refractivity contribution >= 4 is 11.6 Å². The van der Waals surface area contributed by atoms with Gasteiger partial charge in [-0.2, -0.15) is 0 Å². The van der Waals surface area contributed by atoms with Crippen molar-refractivity contribution in [2.45, 2.75) is 20.3 Å². The number of aryl methyl sites for hydroxylation is 1. The third-order valence-electron chi connectivity index (χ3n) is 2.38. The number of rotatable bonds is 4. The number of carbonyl (C=O) groups is 1.